The molecule has 1 fully saturated rings. The van der Waals surface area contributed by atoms with Crippen LogP contribution in [0.15, 0.2) is 6.33 Å². The Morgan fingerprint density at radius 2 is 1.79 bits per heavy atom. The number of carbonyl (C=O) groups is 1. The molecule has 0 bridgehead atoms. The minimum Gasteiger partial charge on any atom is -0.352 e. The average molecular weight is 466 g/mol. The Hall–Kier alpha value is -2.28. The third-order valence-corrected chi connectivity index (χ3v) is 8.08. The normalized spacial score (nSPS) is 16.5. The number of aromatic nitrogens is 3. The minimum atomic E-state index is 0.287. The molecule has 1 aliphatic heterocycles. The van der Waals surface area contributed by atoms with Crippen LogP contribution in [0.3, 0.4) is 0 Å². The molecule has 5 rings (SSSR count). The third-order valence-electron chi connectivity index (χ3n) is 7.01. The molecular weight excluding hydrogens is 430 g/mol. The summed E-state index contributed by atoms with van der Waals surface area (Å²) in [5.41, 5.74) is 5.31. The Bertz CT molecular complexity index is 1180. The number of aryl methyl sites for hydroxylation is 1. The maximum Gasteiger partial charge on any atom is 0.222 e. The van der Waals surface area contributed by atoms with Crippen LogP contribution in [0.25, 0.3) is 20.4 Å². The number of carbonyl (C=O) groups excluding carboxylic acids is 1. The lowest BCUT2D eigenvalue weighted by molar-refractivity contribution is -0.131. The van der Waals surface area contributed by atoms with E-state index >= 15 is 0 Å². The Kier molecular flexibility index (Phi) is 6.25. The SMILES string of the molecule is CC(C)CCC(=O)N1CCN(c2ncnc3c2sc2nc(CC(C)C)c4c(c23)CCC4)CC1. The van der Waals surface area contributed by atoms with E-state index in [2.05, 4.69) is 32.6 Å². The van der Waals surface area contributed by atoms with Gasteiger partial charge in [0.25, 0.3) is 0 Å². The van der Waals surface area contributed by atoms with Crippen molar-refractivity contribution in [3.63, 3.8) is 0 Å². The number of nitrogens with zero attached hydrogens (tertiary/aromatic N) is 5. The van der Waals surface area contributed by atoms with Crippen LogP contribution in [0.5, 0.6) is 0 Å². The van der Waals surface area contributed by atoms with Crippen molar-refractivity contribution in [1.82, 2.24) is 19.9 Å². The minimum absolute atomic E-state index is 0.287. The quantitative estimate of drug-likeness (QED) is 0.512. The maximum absolute atomic E-state index is 12.6. The molecule has 0 unspecified atom stereocenters. The second kappa shape index (κ2) is 9.16. The highest BCUT2D eigenvalue weighted by atomic mass is 32.1. The number of rotatable bonds is 6. The van der Waals surface area contributed by atoms with Crippen molar-refractivity contribution in [2.75, 3.05) is 31.1 Å². The number of hydrogen-bond acceptors (Lipinski definition) is 6. The van der Waals surface area contributed by atoms with Crippen LogP contribution >= 0.6 is 11.3 Å². The van der Waals surface area contributed by atoms with E-state index in [9.17, 15) is 4.79 Å². The Morgan fingerprint density at radius 1 is 1.03 bits per heavy atom. The molecule has 0 saturated carbocycles. The summed E-state index contributed by atoms with van der Waals surface area (Å²) in [6.07, 6.45) is 7.85. The van der Waals surface area contributed by atoms with Gasteiger partial charge in [-0.2, -0.15) is 0 Å². The summed E-state index contributed by atoms with van der Waals surface area (Å²) in [7, 11) is 0. The lowest BCUT2D eigenvalue weighted by Gasteiger charge is -2.35. The third kappa shape index (κ3) is 4.32. The maximum atomic E-state index is 12.6. The summed E-state index contributed by atoms with van der Waals surface area (Å²) in [6, 6.07) is 0. The molecule has 3 aromatic rings. The molecule has 4 heterocycles. The van der Waals surface area contributed by atoms with E-state index in [-0.39, 0.29) is 5.91 Å². The van der Waals surface area contributed by atoms with Gasteiger partial charge in [-0.15, -0.1) is 11.3 Å². The Balaban J connectivity index is 1.45. The standard InChI is InChI=1S/C26H35N5OS/c1-16(2)8-9-21(32)30-10-12-31(13-11-30)25-24-23(27-15-28-25)22-19-7-5-6-18(19)20(14-17(3)4)29-26(22)33-24/h15-17H,5-14H2,1-4H3. The molecule has 0 spiro atoms. The number of piperazine rings is 1. The zero-order chi connectivity index (χ0) is 23.1. The highest BCUT2D eigenvalue weighted by molar-refractivity contribution is 7.26. The van der Waals surface area contributed by atoms with Crippen molar-refractivity contribution in [1.29, 1.82) is 0 Å². The molecule has 176 valence electrons. The van der Waals surface area contributed by atoms with Crippen molar-refractivity contribution >= 4 is 43.5 Å². The first-order valence-electron chi connectivity index (χ1n) is 12.5. The van der Waals surface area contributed by atoms with E-state index in [0.29, 0.717) is 18.3 Å². The number of hydrogen-bond donors (Lipinski definition) is 0. The van der Waals surface area contributed by atoms with Gasteiger partial charge in [0.15, 0.2) is 0 Å². The van der Waals surface area contributed by atoms with Gasteiger partial charge in [-0.1, -0.05) is 27.7 Å². The van der Waals surface area contributed by atoms with E-state index in [4.69, 9.17) is 15.0 Å². The van der Waals surface area contributed by atoms with Crippen molar-refractivity contribution in [3.8, 4) is 0 Å². The summed E-state index contributed by atoms with van der Waals surface area (Å²) in [5.74, 6) is 2.46. The number of thiophene rings is 1. The van der Waals surface area contributed by atoms with Crippen molar-refractivity contribution in [2.24, 2.45) is 11.8 Å². The number of amides is 1. The molecule has 33 heavy (non-hydrogen) atoms. The van der Waals surface area contributed by atoms with Gasteiger partial charge in [-0.05, 0) is 55.1 Å². The molecule has 7 heteroatoms. The second-order valence-electron chi connectivity index (χ2n) is 10.4. The zero-order valence-electron chi connectivity index (χ0n) is 20.4. The van der Waals surface area contributed by atoms with Gasteiger partial charge in [-0.25, -0.2) is 15.0 Å². The van der Waals surface area contributed by atoms with Crippen LogP contribution in [-0.2, 0) is 24.1 Å². The van der Waals surface area contributed by atoms with Crippen LogP contribution in [-0.4, -0.2) is 51.9 Å². The molecule has 1 saturated heterocycles. The highest BCUT2D eigenvalue weighted by Gasteiger charge is 2.27. The van der Waals surface area contributed by atoms with Crippen LogP contribution in [0.2, 0.25) is 0 Å². The monoisotopic (exact) mass is 465 g/mol. The molecule has 0 radical (unpaired) electrons. The van der Waals surface area contributed by atoms with E-state index in [0.717, 1.165) is 72.7 Å². The van der Waals surface area contributed by atoms with Crippen molar-refractivity contribution in [2.45, 2.75) is 66.2 Å². The van der Waals surface area contributed by atoms with Gasteiger partial charge in [0.2, 0.25) is 5.91 Å². The predicted molar refractivity (Wildman–Crippen MR) is 136 cm³/mol. The van der Waals surface area contributed by atoms with Crippen LogP contribution < -0.4 is 4.90 Å². The summed E-state index contributed by atoms with van der Waals surface area (Å²) in [6.45, 7) is 12.1. The molecule has 3 aromatic heterocycles. The number of fused-ring (bicyclic) bond motifs is 5. The largest absolute Gasteiger partial charge is 0.352 e. The van der Waals surface area contributed by atoms with E-state index in [1.54, 1.807) is 17.7 Å². The Labute approximate surface area is 200 Å². The summed E-state index contributed by atoms with van der Waals surface area (Å²) in [4.78, 5) is 32.7. The van der Waals surface area contributed by atoms with Gasteiger partial charge in [0.05, 0.1) is 10.2 Å². The van der Waals surface area contributed by atoms with E-state index < -0.39 is 0 Å². The summed E-state index contributed by atoms with van der Waals surface area (Å²) >= 11 is 1.75. The van der Waals surface area contributed by atoms with Crippen LogP contribution in [0.4, 0.5) is 5.82 Å². The fourth-order valence-corrected chi connectivity index (χ4v) is 6.48. The molecule has 0 atom stereocenters. The van der Waals surface area contributed by atoms with E-state index in [1.807, 2.05) is 4.90 Å². The smallest absolute Gasteiger partial charge is 0.222 e. The lowest BCUT2D eigenvalue weighted by Crippen LogP contribution is -2.49. The number of pyridine rings is 1. The lowest BCUT2D eigenvalue weighted by atomic mass is 9.99. The second-order valence-corrected chi connectivity index (χ2v) is 11.4. The summed E-state index contributed by atoms with van der Waals surface area (Å²) in [5, 5.41) is 1.26. The van der Waals surface area contributed by atoms with Crippen LogP contribution in [0.1, 0.15) is 63.8 Å². The molecular formula is C26H35N5OS. The molecule has 0 N–H and O–H groups in total. The first-order chi connectivity index (χ1) is 15.9. The van der Waals surface area contributed by atoms with Crippen LogP contribution in [0, 0.1) is 11.8 Å². The topological polar surface area (TPSA) is 62.2 Å². The first-order valence-corrected chi connectivity index (χ1v) is 13.3. The average Bonchev–Trinajstić information content (AvgIpc) is 3.41. The summed E-state index contributed by atoms with van der Waals surface area (Å²) < 4.78 is 1.15. The predicted octanol–water partition coefficient (Wildman–Crippen LogP) is 5.01. The molecule has 2 aliphatic rings. The van der Waals surface area contributed by atoms with Crippen molar-refractivity contribution < 1.29 is 4.79 Å². The number of anilines is 1. The fourth-order valence-electron chi connectivity index (χ4n) is 5.28. The van der Waals surface area contributed by atoms with E-state index in [1.165, 1.54) is 28.6 Å². The molecule has 1 aliphatic carbocycles. The molecule has 1 amide bonds. The first kappa shape index (κ1) is 22.5. The Morgan fingerprint density at radius 3 is 2.52 bits per heavy atom. The molecule has 0 aromatic carbocycles. The van der Waals surface area contributed by atoms with Gasteiger partial charge in [0, 0.05) is 43.7 Å². The van der Waals surface area contributed by atoms with Gasteiger partial charge < -0.3 is 9.80 Å². The van der Waals surface area contributed by atoms with Gasteiger partial charge >= 0.3 is 0 Å². The fraction of sp³-hybridized carbons (Fsp3) is 0.615. The molecule has 6 nitrogen and oxygen atoms in total. The van der Waals surface area contributed by atoms with Gasteiger partial charge in [-0.3, -0.25) is 4.79 Å². The van der Waals surface area contributed by atoms with Crippen molar-refractivity contribution in [3.05, 3.63) is 23.1 Å². The highest BCUT2D eigenvalue weighted by Crippen LogP contribution is 2.42. The van der Waals surface area contributed by atoms with Gasteiger partial charge in [0.1, 0.15) is 17.0 Å². The zero-order valence-corrected chi connectivity index (χ0v) is 21.2.